The number of nitriles is 1. The van der Waals surface area contributed by atoms with Gasteiger partial charge in [-0.2, -0.15) is 30.2 Å². The van der Waals surface area contributed by atoms with E-state index in [-0.39, 0.29) is 5.69 Å². The van der Waals surface area contributed by atoms with Gasteiger partial charge in [0.2, 0.25) is 5.91 Å². The minimum Gasteiger partial charge on any atom is -0.325 e. The molecule has 0 heterocycles. The van der Waals surface area contributed by atoms with Crippen LogP contribution in [0, 0.1) is 11.3 Å². The summed E-state index contributed by atoms with van der Waals surface area (Å²) in [6.07, 6.45) is -2.37. The van der Waals surface area contributed by atoms with Gasteiger partial charge in [-0.3, -0.25) is 4.79 Å². The predicted molar refractivity (Wildman–Crippen MR) is 75.8 cm³/mol. The molecule has 0 saturated carbocycles. The number of hydrogen-bond acceptors (Lipinski definition) is 4. The highest BCUT2D eigenvalue weighted by Gasteiger charge is 2.34. The van der Waals surface area contributed by atoms with Crippen LogP contribution in [0.25, 0.3) is 0 Å². The van der Waals surface area contributed by atoms with Crippen LogP contribution in [0.2, 0.25) is 0 Å². The largest absolute Gasteiger partial charge is 0.417 e. The molecule has 0 aliphatic rings. The van der Waals surface area contributed by atoms with Crippen LogP contribution in [0.4, 0.5) is 18.9 Å². The van der Waals surface area contributed by atoms with Gasteiger partial charge in [-0.15, -0.1) is 0 Å². The predicted octanol–water partition coefficient (Wildman–Crippen LogP) is 2.60. The van der Waals surface area contributed by atoms with Crippen LogP contribution in [-0.2, 0) is 11.0 Å². The van der Waals surface area contributed by atoms with E-state index in [0.717, 1.165) is 12.1 Å². The molecule has 0 aromatic heterocycles. The number of halogens is 3. The summed E-state index contributed by atoms with van der Waals surface area (Å²) in [5, 5.41) is 11.0. The molecule has 0 saturated heterocycles. The molecular weight excluding hydrogens is 303 g/mol. The molecule has 0 unspecified atom stereocenters. The van der Waals surface area contributed by atoms with Gasteiger partial charge in [-0.05, 0) is 36.6 Å². The van der Waals surface area contributed by atoms with E-state index in [1.165, 1.54) is 23.9 Å². The second-order valence-corrected chi connectivity index (χ2v) is 5.23. The summed E-state index contributed by atoms with van der Waals surface area (Å²) < 4.78 is 38.4. The molecule has 1 rings (SSSR count). The molecule has 0 aliphatic carbocycles. The summed E-state index contributed by atoms with van der Waals surface area (Å²) in [5.41, 5.74) is 4.02. The number of rotatable bonds is 5. The number of thioether (sulfide) groups is 1. The fraction of sp³-hybridized carbons (Fsp3) is 0.385. The van der Waals surface area contributed by atoms with Crippen molar-refractivity contribution in [1.29, 1.82) is 5.26 Å². The Bertz CT molecular complexity index is 555. The fourth-order valence-corrected chi connectivity index (χ4v) is 2.05. The lowest BCUT2D eigenvalue weighted by molar-refractivity contribution is -0.137. The molecule has 0 bridgehead atoms. The van der Waals surface area contributed by atoms with E-state index in [0.29, 0.717) is 12.2 Å². The minimum absolute atomic E-state index is 0.0362. The molecular formula is C13H14F3N3OS. The van der Waals surface area contributed by atoms with Crippen molar-refractivity contribution in [2.75, 3.05) is 17.3 Å². The normalized spacial score (nSPS) is 12.6. The van der Waals surface area contributed by atoms with Crippen molar-refractivity contribution < 1.29 is 18.0 Å². The van der Waals surface area contributed by atoms with E-state index in [9.17, 15) is 18.0 Å². The molecule has 1 atom stereocenters. The fourth-order valence-electron chi connectivity index (χ4n) is 1.56. The quantitative estimate of drug-likeness (QED) is 0.875. The number of amides is 1. The summed E-state index contributed by atoms with van der Waals surface area (Å²) >= 11 is 1.52. The number of carbonyl (C=O) groups excluding carboxylic acids is 1. The first kappa shape index (κ1) is 17.3. The van der Waals surface area contributed by atoms with Gasteiger partial charge < -0.3 is 11.1 Å². The highest BCUT2D eigenvalue weighted by molar-refractivity contribution is 7.98. The van der Waals surface area contributed by atoms with Crippen molar-refractivity contribution in [2.24, 2.45) is 5.73 Å². The van der Waals surface area contributed by atoms with Crippen LogP contribution in [-0.4, -0.2) is 24.0 Å². The number of nitrogens with one attached hydrogen (secondary N) is 1. The zero-order valence-corrected chi connectivity index (χ0v) is 12.0. The van der Waals surface area contributed by atoms with Crippen LogP contribution >= 0.6 is 11.8 Å². The molecule has 21 heavy (non-hydrogen) atoms. The summed E-state index contributed by atoms with van der Waals surface area (Å²) in [6.45, 7) is 0. The first-order chi connectivity index (χ1) is 9.79. The number of nitrogens with zero attached hydrogens (tertiary/aromatic N) is 1. The third-order valence-corrected chi connectivity index (χ3v) is 3.33. The second-order valence-electron chi connectivity index (χ2n) is 4.25. The maximum absolute atomic E-state index is 12.8. The van der Waals surface area contributed by atoms with E-state index < -0.39 is 29.3 Å². The summed E-state index contributed by atoms with van der Waals surface area (Å²) in [7, 11) is 0. The Morgan fingerprint density at radius 1 is 1.52 bits per heavy atom. The lowest BCUT2D eigenvalue weighted by atomic mass is 10.1. The number of benzene rings is 1. The average molecular weight is 317 g/mol. The summed E-state index contributed by atoms with van der Waals surface area (Å²) in [4.78, 5) is 11.7. The van der Waals surface area contributed by atoms with Crippen LogP contribution in [0.1, 0.15) is 17.5 Å². The van der Waals surface area contributed by atoms with Crippen LogP contribution < -0.4 is 11.1 Å². The van der Waals surface area contributed by atoms with Crippen LogP contribution in [0.15, 0.2) is 18.2 Å². The highest BCUT2D eigenvalue weighted by Crippen LogP contribution is 2.33. The van der Waals surface area contributed by atoms with E-state index in [2.05, 4.69) is 5.32 Å². The first-order valence-corrected chi connectivity index (χ1v) is 7.35. The Morgan fingerprint density at radius 2 is 2.19 bits per heavy atom. The second kappa shape index (κ2) is 7.33. The van der Waals surface area contributed by atoms with Crippen molar-refractivity contribution in [3.05, 3.63) is 29.3 Å². The Hall–Kier alpha value is -1.72. The number of nitrogens with two attached hydrogens (primary N) is 1. The van der Waals surface area contributed by atoms with E-state index >= 15 is 0 Å². The molecule has 3 N–H and O–H groups in total. The third-order valence-electron chi connectivity index (χ3n) is 2.68. The lowest BCUT2D eigenvalue weighted by Gasteiger charge is -2.14. The molecule has 1 amide bonds. The monoisotopic (exact) mass is 317 g/mol. The Kier molecular flexibility index (Phi) is 6.05. The zero-order valence-electron chi connectivity index (χ0n) is 11.2. The molecule has 0 radical (unpaired) electrons. The standard InChI is InChI=1S/C13H14F3N3OS/c1-21-5-4-11(18)12(20)19-9-3-2-8(7-17)10(6-9)13(14,15)16/h2-3,6,11H,4-5,18H2,1H3,(H,19,20)/t11-/m1/s1. The van der Waals surface area contributed by atoms with Gasteiger partial charge in [0.15, 0.2) is 0 Å². The SMILES string of the molecule is CSCC[C@@H](N)C(=O)Nc1ccc(C#N)c(C(F)(F)F)c1. The van der Waals surface area contributed by atoms with Gasteiger partial charge in [0.1, 0.15) is 0 Å². The molecule has 1 aromatic rings. The van der Waals surface area contributed by atoms with Crippen molar-refractivity contribution >= 4 is 23.4 Å². The van der Waals surface area contributed by atoms with Crippen molar-refractivity contribution in [1.82, 2.24) is 0 Å². The van der Waals surface area contributed by atoms with Crippen molar-refractivity contribution in [3.8, 4) is 6.07 Å². The Labute approximate surface area is 124 Å². The molecule has 0 aliphatic heterocycles. The van der Waals surface area contributed by atoms with Gasteiger partial charge in [-0.1, -0.05) is 0 Å². The maximum Gasteiger partial charge on any atom is 0.417 e. The third kappa shape index (κ3) is 4.95. The molecule has 4 nitrogen and oxygen atoms in total. The molecule has 0 fully saturated rings. The van der Waals surface area contributed by atoms with Gasteiger partial charge in [-0.25, -0.2) is 0 Å². The number of alkyl halides is 3. The average Bonchev–Trinajstić information content (AvgIpc) is 2.43. The lowest BCUT2D eigenvalue weighted by Crippen LogP contribution is -2.36. The van der Waals surface area contributed by atoms with Gasteiger partial charge in [0.05, 0.1) is 23.2 Å². The smallest absolute Gasteiger partial charge is 0.325 e. The maximum atomic E-state index is 12.8. The topological polar surface area (TPSA) is 78.9 Å². The van der Waals surface area contributed by atoms with Crippen LogP contribution in [0.5, 0.6) is 0 Å². The molecule has 0 spiro atoms. The van der Waals surface area contributed by atoms with Crippen molar-refractivity contribution in [2.45, 2.75) is 18.6 Å². The molecule has 114 valence electrons. The van der Waals surface area contributed by atoms with Gasteiger partial charge in [0.25, 0.3) is 0 Å². The Morgan fingerprint density at radius 3 is 2.71 bits per heavy atom. The van der Waals surface area contributed by atoms with E-state index in [1.54, 1.807) is 0 Å². The molecule has 8 heteroatoms. The zero-order chi connectivity index (χ0) is 16.0. The summed E-state index contributed by atoms with van der Waals surface area (Å²) in [5.74, 6) is 0.123. The number of hydrogen-bond donors (Lipinski definition) is 2. The van der Waals surface area contributed by atoms with Crippen LogP contribution in [0.3, 0.4) is 0 Å². The van der Waals surface area contributed by atoms with Crippen molar-refractivity contribution in [3.63, 3.8) is 0 Å². The van der Waals surface area contributed by atoms with E-state index in [1.807, 2.05) is 6.26 Å². The number of anilines is 1. The van der Waals surface area contributed by atoms with Gasteiger partial charge >= 0.3 is 6.18 Å². The molecule has 1 aromatic carbocycles. The first-order valence-electron chi connectivity index (χ1n) is 5.96. The summed E-state index contributed by atoms with van der Waals surface area (Å²) in [6, 6.07) is 3.68. The highest BCUT2D eigenvalue weighted by atomic mass is 32.2. The van der Waals surface area contributed by atoms with E-state index in [4.69, 9.17) is 11.0 Å². The van der Waals surface area contributed by atoms with Gasteiger partial charge in [0, 0.05) is 5.69 Å². The Balaban J connectivity index is 2.91. The minimum atomic E-state index is -4.66. The number of carbonyl (C=O) groups is 1.